The number of carbonyl (C=O) groups is 1. The molecule has 1 amide bonds. The highest BCUT2D eigenvalue weighted by atomic mass is 32.2. The first kappa shape index (κ1) is 22.2. The third-order valence-electron chi connectivity index (χ3n) is 5.04. The minimum atomic E-state index is -0.790. The first-order valence-electron chi connectivity index (χ1n) is 10.1. The quantitative estimate of drug-likeness (QED) is 0.519. The summed E-state index contributed by atoms with van der Waals surface area (Å²) in [5.41, 5.74) is 3.24. The van der Waals surface area contributed by atoms with Crippen LogP contribution in [0.4, 0.5) is 0 Å². The molecule has 2 unspecified atom stereocenters. The monoisotopic (exact) mass is 423 g/mol. The molecule has 0 radical (unpaired) electrons. The van der Waals surface area contributed by atoms with Crippen molar-refractivity contribution in [3.05, 3.63) is 83.1 Å². The topological polar surface area (TPSA) is 62.5 Å². The van der Waals surface area contributed by atoms with Gasteiger partial charge in [0, 0.05) is 4.90 Å². The van der Waals surface area contributed by atoms with Crippen LogP contribution >= 0.6 is 11.8 Å². The highest BCUT2D eigenvalue weighted by molar-refractivity contribution is 7.99. The van der Waals surface area contributed by atoms with E-state index >= 15 is 0 Å². The van der Waals surface area contributed by atoms with Gasteiger partial charge >= 0.3 is 0 Å². The molecule has 158 valence electrons. The molecule has 0 saturated carbocycles. The van der Waals surface area contributed by atoms with Crippen LogP contribution in [0.2, 0.25) is 0 Å². The summed E-state index contributed by atoms with van der Waals surface area (Å²) in [6, 6.07) is 18.8. The van der Waals surface area contributed by atoms with Gasteiger partial charge in [0.15, 0.2) is 10.9 Å². The lowest BCUT2D eigenvalue weighted by Crippen LogP contribution is -2.36. The Morgan fingerprint density at radius 2 is 1.77 bits per heavy atom. The number of furan rings is 1. The van der Waals surface area contributed by atoms with Gasteiger partial charge < -0.3 is 14.8 Å². The number of carbonyl (C=O) groups excluding carboxylic acids is 1. The van der Waals surface area contributed by atoms with Crippen molar-refractivity contribution < 1.29 is 14.3 Å². The lowest BCUT2D eigenvalue weighted by molar-refractivity contribution is 0.0821. The molecule has 2 aromatic carbocycles. The summed E-state index contributed by atoms with van der Waals surface area (Å²) in [5.74, 6) is -0.112. The molecule has 1 heterocycles. The first-order chi connectivity index (χ1) is 14.1. The number of nitrogens with one attached hydrogen (secondary N) is 1. The maximum Gasteiger partial charge on any atom is 0.287 e. The number of hydrogen-bond acceptors (Lipinski definition) is 4. The van der Waals surface area contributed by atoms with Crippen LogP contribution in [0.25, 0.3) is 0 Å². The molecule has 0 bridgehead atoms. The Morgan fingerprint density at radius 1 is 1.07 bits per heavy atom. The van der Waals surface area contributed by atoms with Crippen molar-refractivity contribution in [1.82, 2.24) is 5.32 Å². The molecular weight excluding hydrogens is 394 g/mol. The molecule has 0 saturated heterocycles. The van der Waals surface area contributed by atoms with Gasteiger partial charge in [-0.3, -0.25) is 4.79 Å². The summed E-state index contributed by atoms with van der Waals surface area (Å²) in [4.78, 5) is 13.7. The van der Waals surface area contributed by atoms with Crippen molar-refractivity contribution >= 4 is 17.7 Å². The zero-order chi connectivity index (χ0) is 21.9. The van der Waals surface area contributed by atoms with Gasteiger partial charge in [-0.1, -0.05) is 75.0 Å². The van der Waals surface area contributed by atoms with Crippen molar-refractivity contribution in [3.63, 3.8) is 0 Å². The second-order valence-electron chi connectivity index (χ2n) is 8.57. The SMILES string of the molecule is Cc1ccc(C(C)(C)C)cc1Sc1ccc(C(=O)NC(C)C(O)c2ccccc2)o1. The second-order valence-corrected chi connectivity index (χ2v) is 9.61. The lowest BCUT2D eigenvalue weighted by Gasteiger charge is -2.20. The largest absolute Gasteiger partial charge is 0.444 e. The maximum absolute atomic E-state index is 12.6. The molecule has 1 aromatic heterocycles. The summed E-state index contributed by atoms with van der Waals surface area (Å²) in [5, 5.41) is 13.9. The zero-order valence-corrected chi connectivity index (χ0v) is 18.9. The number of hydrogen-bond donors (Lipinski definition) is 2. The molecule has 0 aliphatic rings. The molecule has 2 atom stereocenters. The fraction of sp³-hybridized carbons (Fsp3) is 0.320. The van der Waals surface area contributed by atoms with Crippen molar-refractivity contribution in [3.8, 4) is 0 Å². The Balaban J connectivity index is 1.68. The van der Waals surface area contributed by atoms with Gasteiger partial charge in [0.1, 0.15) is 0 Å². The fourth-order valence-corrected chi connectivity index (χ4v) is 3.98. The van der Waals surface area contributed by atoms with Gasteiger partial charge in [-0.05, 0) is 54.2 Å². The van der Waals surface area contributed by atoms with Gasteiger partial charge in [-0.15, -0.1) is 0 Å². The van der Waals surface area contributed by atoms with Crippen LogP contribution in [-0.4, -0.2) is 17.1 Å². The molecule has 3 aromatic rings. The number of rotatable bonds is 6. The summed E-state index contributed by atoms with van der Waals surface area (Å²) < 4.78 is 5.79. The number of benzene rings is 2. The van der Waals surface area contributed by atoms with E-state index in [0.717, 1.165) is 16.0 Å². The second kappa shape index (κ2) is 9.11. The Hall–Kier alpha value is -2.50. The van der Waals surface area contributed by atoms with Gasteiger partial charge in [0.2, 0.25) is 0 Å². The van der Waals surface area contributed by atoms with E-state index in [1.54, 1.807) is 19.1 Å². The summed E-state index contributed by atoms with van der Waals surface area (Å²) in [6.45, 7) is 10.4. The van der Waals surface area contributed by atoms with Gasteiger partial charge in [-0.25, -0.2) is 0 Å². The van der Waals surface area contributed by atoms with E-state index in [0.29, 0.717) is 5.09 Å². The van der Waals surface area contributed by atoms with E-state index in [4.69, 9.17) is 4.42 Å². The lowest BCUT2D eigenvalue weighted by atomic mass is 9.87. The van der Waals surface area contributed by atoms with E-state index in [1.807, 2.05) is 30.3 Å². The van der Waals surface area contributed by atoms with Crippen LogP contribution in [0.1, 0.15) is 61.0 Å². The predicted octanol–water partition coefficient (Wildman–Crippen LogP) is 5.89. The van der Waals surface area contributed by atoms with Crippen molar-refractivity contribution in [2.45, 2.75) is 62.2 Å². The highest BCUT2D eigenvalue weighted by Gasteiger charge is 2.21. The maximum atomic E-state index is 12.6. The summed E-state index contributed by atoms with van der Waals surface area (Å²) in [6.07, 6.45) is -0.790. The predicted molar refractivity (Wildman–Crippen MR) is 121 cm³/mol. The molecule has 0 fully saturated rings. The minimum absolute atomic E-state index is 0.0624. The molecule has 0 aliphatic heterocycles. The van der Waals surface area contributed by atoms with Gasteiger partial charge in [-0.2, -0.15) is 0 Å². The van der Waals surface area contributed by atoms with E-state index in [2.05, 4.69) is 51.2 Å². The number of amides is 1. The Morgan fingerprint density at radius 3 is 2.43 bits per heavy atom. The van der Waals surface area contributed by atoms with E-state index in [1.165, 1.54) is 17.3 Å². The molecule has 5 heteroatoms. The zero-order valence-electron chi connectivity index (χ0n) is 18.1. The summed E-state index contributed by atoms with van der Waals surface area (Å²) >= 11 is 1.51. The van der Waals surface area contributed by atoms with E-state index in [9.17, 15) is 9.90 Å². The first-order valence-corrected chi connectivity index (χ1v) is 10.9. The molecule has 4 nitrogen and oxygen atoms in total. The molecular formula is C25H29NO3S. The van der Waals surface area contributed by atoms with E-state index < -0.39 is 12.1 Å². The normalized spacial score (nSPS) is 13.7. The van der Waals surface area contributed by atoms with Gasteiger partial charge in [0.25, 0.3) is 5.91 Å². The fourth-order valence-electron chi connectivity index (χ4n) is 3.08. The van der Waals surface area contributed by atoms with Crippen LogP contribution in [-0.2, 0) is 5.41 Å². The Bertz CT molecular complexity index is 1000. The highest BCUT2D eigenvalue weighted by Crippen LogP contribution is 2.35. The summed E-state index contributed by atoms with van der Waals surface area (Å²) in [7, 11) is 0. The Kier molecular flexibility index (Phi) is 6.74. The molecule has 0 aliphatic carbocycles. The minimum Gasteiger partial charge on any atom is -0.444 e. The molecule has 3 rings (SSSR count). The average Bonchev–Trinajstić information content (AvgIpc) is 3.17. The molecule has 2 N–H and O–H groups in total. The third kappa shape index (κ3) is 5.35. The van der Waals surface area contributed by atoms with Crippen LogP contribution in [0.3, 0.4) is 0 Å². The number of aryl methyl sites for hydroxylation is 1. The Labute approximate surface area is 182 Å². The van der Waals surface area contributed by atoms with Crippen molar-refractivity contribution in [2.24, 2.45) is 0 Å². The smallest absolute Gasteiger partial charge is 0.287 e. The van der Waals surface area contributed by atoms with Crippen LogP contribution in [0, 0.1) is 6.92 Å². The number of aliphatic hydroxyl groups excluding tert-OH is 1. The van der Waals surface area contributed by atoms with Gasteiger partial charge in [0.05, 0.1) is 12.1 Å². The third-order valence-corrected chi connectivity index (χ3v) is 6.12. The molecule has 30 heavy (non-hydrogen) atoms. The van der Waals surface area contributed by atoms with Crippen molar-refractivity contribution in [2.75, 3.05) is 0 Å². The van der Waals surface area contributed by atoms with Crippen LogP contribution in [0.15, 0.2) is 75.1 Å². The van der Waals surface area contributed by atoms with Crippen LogP contribution in [0.5, 0.6) is 0 Å². The molecule has 0 spiro atoms. The van der Waals surface area contributed by atoms with Crippen molar-refractivity contribution in [1.29, 1.82) is 0 Å². The standard InChI is InChI=1S/C25H29NO3S/c1-16-11-12-19(25(3,4)5)15-21(16)30-22-14-13-20(29-22)24(28)26-17(2)23(27)18-9-7-6-8-10-18/h6-15,17,23,27H,1-5H3,(H,26,28). The average molecular weight is 424 g/mol. The number of aliphatic hydroxyl groups is 1. The van der Waals surface area contributed by atoms with Crippen LogP contribution < -0.4 is 5.32 Å². The van der Waals surface area contributed by atoms with E-state index in [-0.39, 0.29) is 17.1 Å².